The number of rotatable bonds is 6. The third-order valence-electron chi connectivity index (χ3n) is 2.57. The van der Waals surface area contributed by atoms with Gasteiger partial charge in [-0.25, -0.2) is 9.97 Å². The number of amides is 1. The lowest BCUT2D eigenvalue weighted by Crippen LogP contribution is -2.35. The van der Waals surface area contributed by atoms with Gasteiger partial charge in [0, 0.05) is 18.0 Å². The van der Waals surface area contributed by atoms with Gasteiger partial charge in [-0.05, 0) is 27.2 Å². The minimum absolute atomic E-state index is 0.0661. The number of nitrogens with zero attached hydrogens (tertiary/aromatic N) is 2. The van der Waals surface area contributed by atoms with Crippen LogP contribution in [0.5, 0.6) is 0 Å². The zero-order valence-corrected chi connectivity index (χ0v) is 12.1. The molecule has 6 heteroatoms. The summed E-state index contributed by atoms with van der Waals surface area (Å²) in [5, 5.41) is 5.83. The van der Waals surface area contributed by atoms with Gasteiger partial charge in [0.1, 0.15) is 17.5 Å². The van der Waals surface area contributed by atoms with Crippen molar-refractivity contribution < 1.29 is 4.79 Å². The van der Waals surface area contributed by atoms with Crippen molar-refractivity contribution in [2.24, 2.45) is 0 Å². The van der Waals surface area contributed by atoms with Crippen molar-refractivity contribution >= 4 is 17.5 Å². The second-order valence-electron chi connectivity index (χ2n) is 4.82. The van der Waals surface area contributed by atoms with E-state index < -0.39 is 0 Å². The maximum atomic E-state index is 11.6. The maximum absolute atomic E-state index is 11.6. The number of hydrogen-bond donors (Lipinski definition) is 3. The fourth-order valence-electron chi connectivity index (χ4n) is 1.63. The Morgan fingerprint density at radius 1 is 1.37 bits per heavy atom. The molecule has 0 aliphatic rings. The van der Waals surface area contributed by atoms with E-state index in [1.165, 1.54) is 0 Å². The van der Waals surface area contributed by atoms with Crippen LogP contribution in [0, 0.1) is 6.92 Å². The Morgan fingerprint density at radius 2 is 2.05 bits per heavy atom. The summed E-state index contributed by atoms with van der Waals surface area (Å²) in [4.78, 5) is 20.2. The predicted octanol–water partition coefficient (Wildman–Crippen LogP) is 1.26. The third kappa shape index (κ3) is 4.73. The average Bonchev–Trinajstić information content (AvgIpc) is 2.31. The van der Waals surface area contributed by atoms with Gasteiger partial charge in [-0.15, -0.1) is 0 Å². The number of carbonyl (C=O) groups excluding carboxylic acids is 1. The van der Waals surface area contributed by atoms with Gasteiger partial charge >= 0.3 is 0 Å². The molecule has 0 bridgehead atoms. The van der Waals surface area contributed by atoms with Crippen molar-refractivity contribution in [3.8, 4) is 0 Å². The Kier molecular flexibility index (Phi) is 5.54. The van der Waals surface area contributed by atoms with E-state index in [1.54, 1.807) is 0 Å². The van der Waals surface area contributed by atoms with E-state index in [9.17, 15) is 4.79 Å². The highest BCUT2D eigenvalue weighted by Crippen LogP contribution is 2.17. The first-order valence-corrected chi connectivity index (χ1v) is 6.60. The molecule has 6 nitrogen and oxygen atoms in total. The molecule has 0 aromatic carbocycles. The van der Waals surface area contributed by atoms with Crippen LogP contribution >= 0.6 is 0 Å². The number of carbonyl (C=O) groups is 1. The fourth-order valence-corrected chi connectivity index (χ4v) is 1.63. The molecule has 0 saturated carbocycles. The Balaban J connectivity index is 2.74. The van der Waals surface area contributed by atoms with Crippen LogP contribution < -0.4 is 16.4 Å². The molecule has 0 atom stereocenters. The van der Waals surface area contributed by atoms with E-state index in [2.05, 4.69) is 27.5 Å². The van der Waals surface area contributed by atoms with Gasteiger partial charge in [0.05, 0.1) is 6.54 Å². The van der Waals surface area contributed by atoms with Crippen LogP contribution in [-0.4, -0.2) is 28.5 Å². The number of aromatic nitrogens is 2. The summed E-state index contributed by atoms with van der Waals surface area (Å²) >= 11 is 0. The summed E-state index contributed by atoms with van der Waals surface area (Å²) in [5.74, 6) is 1.74. The normalized spacial score (nSPS) is 10.6. The van der Waals surface area contributed by atoms with E-state index in [0.29, 0.717) is 17.5 Å². The summed E-state index contributed by atoms with van der Waals surface area (Å²) in [6.07, 6.45) is 1.73. The van der Waals surface area contributed by atoms with Crippen LogP contribution in [0.2, 0.25) is 0 Å². The highest BCUT2D eigenvalue weighted by Gasteiger charge is 2.10. The maximum Gasteiger partial charge on any atom is 0.239 e. The minimum Gasteiger partial charge on any atom is -0.383 e. The highest BCUT2D eigenvalue weighted by atomic mass is 16.1. The van der Waals surface area contributed by atoms with E-state index in [-0.39, 0.29) is 18.5 Å². The molecule has 0 fully saturated rings. The van der Waals surface area contributed by atoms with Crippen LogP contribution in [-0.2, 0) is 11.2 Å². The van der Waals surface area contributed by atoms with Crippen molar-refractivity contribution in [1.29, 1.82) is 0 Å². The molecule has 1 aromatic rings. The first kappa shape index (κ1) is 15.2. The average molecular weight is 265 g/mol. The molecule has 0 saturated heterocycles. The smallest absolute Gasteiger partial charge is 0.239 e. The minimum atomic E-state index is -0.0661. The molecule has 4 N–H and O–H groups in total. The third-order valence-corrected chi connectivity index (χ3v) is 2.57. The van der Waals surface area contributed by atoms with E-state index in [1.807, 2.05) is 20.8 Å². The molecule has 0 spiro atoms. The molecule has 0 radical (unpaired) electrons. The molecular weight excluding hydrogens is 242 g/mol. The molecule has 0 aliphatic carbocycles. The van der Waals surface area contributed by atoms with Crippen molar-refractivity contribution in [2.75, 3.05) is 17.6 Å². The van der Waals surface area contributed by atoms with Crippen LogP contribution in [0.4, 0.5) is 11.6 Å². The molecule has 1 aromatic heterocycles. The van der Waals surface area contributed by atoms with Gasteiger partial charge in [-0.3, -0.25) is 4.79 Å². The number of hydrogen-bond acceptors (Lipinski definition) is 5. The van der Waals surface area contributed by atoms with Gasteiger partial charge in [0.2, 0.25) is 5.91 Å². The molecule has 19 heavy (non-hydrogen) atoms. The summed E-state index contributed by atoms with van der Waals surface area (Å²) in [6, 6.07) is 0.126. The Bertz CT molecular complexity index is 445. The Labute approximate surface area is 114 Å². The van der Waals surface area contributed by atoms with Gasteiger partial charge in [0.25, 0.3) is 0 Å². The van der Waals surface area contributed by atoms with Crippen LogP contribution in [0.1, 0.15) is 38.6 Å². The SMILES string of the molecule is CCCc1nc(N)c(C)c(NCC(=O)NC(C)C)n1. The monoisotopic (exact) mass is 265 g/mol. The van der Waals surface area contributed by atoms with Gasteiger partial charge in [-0.2, -0.15) is 0 Å². The number of nitrogen functional groups attached to an aromatic ring is 1. The molecule has 1 amide bonds. The second-order valence-corrected chi connectivity index (χ2v) is 4.82. The van der Waals surface area contributed by atoms with Crippen molar-refractivity contribution in [1.82, 2.24) is 15.3 Å². The van der Waals surface area contributed by atoms with E-state index in [0.717, 1.165) is 18.4 Å². The van der Waals surface area contributed by atoms with Crippen molar-refractivity contribution in [3.05, 3.63) is 11.4 Å². The summed E-state index contributed by atoms with van der Waals surface area (Å²) < 4.78 is 0. The van der Waals surface area contributed by atoms with E-state index >= 15 is 0 Å². The zero-order chi connectivity index (χ0) is 14.4. The Morgan fingerprint density at radius 3 is 2.63 bits per heavy atom. The number of nitrogens with two attached hydrogens (primary N) is 1. The lowest BCUT2D eigenvalue weighted by molar-refractivity contribution is -0.119. The summed E-state index contributed by atoms with van der Waals surface area (Å²) in [6.45, 7) is 7.92. The van der Waals surface area contributed by atoms with Gasteiger partial charge in [-0.1, -0.05) is 6.92 Å². The predicted molar refractivity (Wildman–Crippen MR) is 76.9 cm³/mol. The Hall–Kier alpha value is -1.85. The summed E-state index contributed by atoms with van der Waals surface area (Å²) in [7, 11) is 0. The van der Waals surface area contributed by atoms with Gasteiger partial charge < -0.3 is 16.4 Å². The number of aryl methyl sites for hydroxylation is 1. The molecule has 1 rings (SSSR count). The second kappa shape index (κ2) is 6.92. The van der Waals surface area contributed by atoms with Crippen molar-refractivity contribution in [2.45, 2.75) is 46.6 Å². The first-order valence-electron chi connectivity index (χ1n) is 6.60. The standard InChI is InChI=1S/C13H23N5O/c1-5-6-10-17-12(14)9(4)13(18-10)15-7-11(19)16-8(2)3/h8H,5-7H2,1-4H3,(H,16,19)(H3,14,15,17,18). The number of anilines is 2. The van der Waals surface area contributed by atoms with Crippen LogP contribution in [0.3, 0.4) is 0 Å². The molecular formula is C13H23N5O. The lowest BCUT2D eigenvalue weighted by Gasteiger charge is -2.13. The molecule has 106 valence electrons. The van der Waals surface area contributed by atoms with Gasteiger partial charge in [0.15, 0.2) is 0 Å². The largest absolute Gasteiger partial charge is 0.383 e. The molecule has 1 heterocycles. The zero-order valence-electron chi connectivity index (χ0n) is 12.1. The quantitative estimate of drug-likeness (QED) is 0.720. The highest BCUT2D eigenvalue weighted by molar-refractivity contribution is 5.81. The lowest BCUT2D eigenvalue weighted by atomic mass is 10.2. The van der Waals surface area contributed by atoms with Crippen LogP contribution in [0.25, 0.3) is 0 Å². The number of nitrogens with one attached hydrogen (secondary N) is 2. The van der Waals surface area contributed by atoms with Crippen molar-refractivity contribution in [3.63, 3.8) is 0 Å². The summed E-state index contributed by atoms with van der Waals surface area (Å²) in [5.41, 5.74) is 6.62. The fraction of sp³-hybridized carbons (Fsp3) is 0.615. The molecule has 0 aliphatic heterocycles. The van der Waals surface area contributed by atoms with E-state index in [4.69, 9.17) is 5.73 Å². The topological polar surface area (TPSA) is 92.9 Å². The molecule has 0 unspecified atom stereocenters. The first-order chi connectivity index (χ1) is 8.93. The van der Waals surface area contributed by atoms with Crippen LogP contribution in [0.15, 0.2) is 0 Å².